The molecule has 0 amide bonds. The molecule has 1 atom stereocenters. The van der Waals surface area contributed by atoms with E-state index < -0.39 is 0 Å². The Morgan fingerprint density at radius 2 is 2.38 bits per heavy atom. The molecule has 1 aliphatic heterocycles. The number of imidazole rings is 1. The highest BCUT2D eigenvalue weighted by Gasteiger charge is 2.22. The molecule has 90 valence electrons. The van der Waals surface area contributed by atoms with Crippen molar-refractivity contribution < 1.29 is 0 Å². The van der Waals surface area contributed by atoms with Crippen molar-refractivity contribution in [2.24, 2.45) is 12.8 Å². The van der Waals surface area contributed by atoms with E-state index in [0.717, 1.165) is 25.5 Å². The van der Waals surface area contributed by atoms with Crippen molar-refractivity contribution >= 4 is 11.6 Å². The molecule has 0 radical (unpaired) electrons. The van der Waals surface area contributed by atoms with Crippen LogP contribution in [0, 0.1) is 0 Å². The van der Waals surface area contributed by atoms with E-state index in [4.69, 9.17) is 17.3 Å². The highest BCUT2D eigenvalue weighted by atomic mass is 35.5. The van der Waals surface area contributed by atoms with Crippen LogP contribution in [-0.4, -0.2) is 33.6 Å². The minimum atomic E-state index is 0.504. The number of halogens is 1. The van der Waals surface area contributed by atoms with Crippen molar-refractivity contribution in [3.05, 3.63) is 17.2 Å². The first-order valence-electron chi connectivity index (χ1n) is 5.82. The predicted octanol–water partition coefficient (Wildman–Crippen LogP) is 1.39. The molecule has 0 aliphatic carbocycles. The van der Waals surface area contributed by atoms with Gasteiger partial charge in [-0.25, -0.2) is 4.98 Å². The molecule has 1 fully saturated rings. The number of nitrogens with zero attached hydrogens (tertiary/aromatic N) is 3. The fraction of sp³-hybridized carbons (Fsp3) is 0.727. The van der Waals surface area contributed by atoms with E-state index in [1.54, 1.807) is 6.20 Å². The Morgan fingerprint density at radius 1 is 1.56 bits per heavy atom. The first kappa shape index (κ1) is 11.9. The smallest absolute Gasteiger partial charge is 0.128 e. The lowest BCUT2D eigenvalue weighted by molar-refractivity contribution is 0.140. The lowest BCUT2D eigenvalue weighted by Gasteiger charge is -2.34. The first-order valence-corrected chi connectivity index (χ1v) is 6.20. The van der Waals surface area contributed by atoms with Crippen LogP contribution in [-0.2, 0) is 13.6 Å². The van der Waals surface area contributed by atoms with Gasteiger partial charge in [-0.05, 0) is 19.4 Å². The molecule has 2 rings (SSSR count). The summed E-state index contributed by atoms with van der Waals surface area (Å²) in [6.07, 6.45) is 5.46. The van der Waals surface area contributed by atoms with Crippen LogP contribution in [0.4, 0.5) is 0 Å². The Labute approximate surface area is 101 Å². The van der Waals surface area contributed by atoms with Crippen LogP contribution in [0.5, 0.6) is 0 Å². The second kappa shape index (κ2) is 5.17. The molecule has 2 heterocycles. The molecule has 0 spiro atoms. The minimum absolute atomic E-state index is 0.504. The van der Waals surface area contributed by atoms with Gasteiger partial charge in [0.05, 0.1) is 12.7 Å². The molecular formula is C11H19ClN4. The predicted molar refractivity (Wildman–Crippen MR) is 65.3 cm³/mol. The fourth-order valence-electron chi connectivity index (χ4n) is 2.29. The van der Waals surface area contributed by atoms with E-state index in [-0.39, 0.29) is 0 Å². The molecule has 5 heteroatoms. The molecule has 1 aromatic heterocycles. The number of rotatable bonds is 3. The minimum Gasteiger partial charge on any atom is -0.329 e. The van der Waals surface area contributed by atoms with Crippen molar-refractivity contribution in [1.82, 2.24) is 14.5 Å². The summed E-state index contributed by atoms with van der Waals surface area (Å²) in [7, 11) is 1.95. The summed E-state index contributed by atoms with van der Waals surface area (Å²) in [5.74, 6) is 1.02. The van der Waals surface area contributed by atoms with Crippen LogP contribution in [0.25, 0.3) is 0 Å². The summed E-state index contributed by atoms with van der Waals surface area (Å²) >= 11 is 5.97. The summed E-state index contributed by atoms with van der Waals surface area (Å²) < 4.78 is 1.93. The normalized spacial score (nSPS) is 22.6. The lowest BCUT2D eigenvalue weighted by atomic mass is 10.0. The van der Waals surface area contributed by atoms with Crippen LogP contribution in [0.2, 0.25) is 5.15 Å². The molecule has 1 unspecified atom stereocenters. The Balaban J connectivity index is 2.05. The largest absolute Gasteiger partial charge is 0.329 e. The van der Waals surface area contributed by atoms with Crippen molar-refractivity contribution in [2.45, 2.75) is 31.8 Å². The van der Waals surface area contributed by atoms with Crippen LogP contribution < -0.4 is 5.73 Å². The van der Waals surface area contributed by atoms with E-state index in [1.807, 2.05) is 11.6 Å². The number of hydrogen-bond acceptors (Lipinski definition) is 3. The average Bonchev–Trinajstić information content (AvgIpc) is 2.62. The standard InChI is InChI=1S/C11H19ClN4/c1-15-10(12)7-14-11(15)8-16-5-3-2-4-9(16)6-13/h7,9H,2-6,8,13H2,1H3. The van der Waals surface area contributed by atoms with Gasteiger partial charge < -0.3 is 10.3 Å². The third-order valence-electron chi connectivity index (χ3n) is 3.39. The topological polar surface area (TPSA) is 47.1 Å². The number of aromatic nitrogens is 2. The van der Waals surface area contributed by atoms with Gasteiger partial charge in [0, 0.05) is 19.6 Å². The molecule has 0 aromatic carbocycles. The number of hydrogen-bond donors (Lipinski definition) is 1. The molecule has 4 nitrogen and oxygen atoms in total. The van der Waals surface area contributed by atoms with Gasteiger partial charge in [-0.2, -0.15) is 0 Å². The zero-order valence-corrected chi connectivity index (χ0v) is 10.5. The van der Waals surface area contributed by atoms with Gasteiger partial charge in [0.1, 0.15) is 11.0 Å². The average molecular weight is 243 g/mol. The highest BCUT2D eigenvalue weighted by Crippen LogP contribution is 2.19. The number of nitrogens with two attached hydrogens (primary N) is 1. The first-order chi connectivity index (χ1) is 7.72. The molecule has 0 saturated carbocycles. The molecular weight excluding hydrogens is 224 g/mol. The second-order valence-corrected chi connectivity index (χ2v) is 4.80. The third-order valence-corrected chi connectivity index (χ3v) is 3.74. The quantitative estimate of drug-likeness (QED) is 0.872. The van der Waals surface area contributed by atoms with Gasteiger partial charge in [0.2, 0.25) is 0 Å². The summed E-state index contributed by atoms with van der Waals surface area (Å²) in [5, 5.41) is 0.691. The Bertz CT molecular complexity index is 350. The summed E-state index contributed by atoms with van der Waals surface area (Å²) in [5.41, 5.74) is 5.80. The van der Waals surface area contributed by atoms with Crippen LogP contribution in [0.1, 0.15) is 25.1 Å². The van der Waals surface area contributed by atoms with Gasteiger partial charge in [0.25, 0.3) is 0 Å². The van der Waals surface area contributed by atoms with Crippen LogP contribution >= 0.6 is 11.6 Å². The number of piperidine rings is 1. The number of likely N-dealkylation sites (tertiary alicyclic amines) is 1. The Kier molecular flexibility index (Phi) is 3.84. The molecule has 1 aromatic rings. The van der Waals surface area contributed by atoms with Crippen molar-refractivity contribution in [1.29, 1.82) is 0 Å². The zero-order chi connectivity index (χ0) is 11.5. The summed E-state index contributed by atoms with van der Waals surface area (Å²) in [6.45, 7) is 2.70. The highest BCUT2D eigenvalue weighted by molar-refractivity contribution is 6.29. The van der Waals surface area contributed by atoms with E-state index in [2.05, 4.69) is 9.88 Å². The van der Waals surface area contributed by atoms with E-state index in [9.17, 15) is 0 Å². The van der Waals surface area contributed by atoms with Crippen molar-refractivity contribution in [2.75, 3.05) is 13.1 Å². The van der Waals surface area contributed by atoms with E-state index in [0.29, 0.717) is 11.2 Å². The maximum absolute atomic E-state index is 5.97. The fourth-order valence-corrected chi connectivity index (χ4v) is 2.43. The lowest BCUT2D eigenvalue weighted by Crippen LogP contribution is -2.43. The second-order valence-electron chi connectivity index (χ2n) is 4.41. The van der Waals surface area contributed by atoms with E-state index >= 15 is 0 Å². The van der Waals surface area contributed by atoms with Crippen LogP contribution in [0.3, 0.4) is 0 Å². The van der Waals surface area contributed by atoms with Gasteiger partial charge >= 0.3 is 0 Å². The van der Waals surface area contributed by atoms with Crippen LogP contribution in [0.15, 0.2) is 6.20 Å². The molecule has 1 aliphatic rings. The van der Waals surface area contributed by atoms with Gasteiger partial charge in [-0.1, -0.05) is 18.0 Å². The summed E-state index contributed by atoms with van der Waals surface area (Å²) in [4.78, 5) is 6.75. The Morgan fingerprint density at radius 3 is 3.00 bits per heavy atom. The van der Waals surface area contributed by atoms with Crippen molar-refractivity contribution in [3.63, 3.8) is 0 Å². The molecule has 0 bridgehead atoms. The molecule has 16 heavy (non-hydrogen) atoms. The van der Waals surface area contributed by atoms with Crippen molar-refractivity contribution in [3.8, 4) is 0 Å². The van der Waals surface area contributed by atoms with E-state index in [1.165, 1.54) is 19.3 Å². The zero-order valence-electron chi connectivity index (χ0n) is 9.69. The SMILES string of the molecule is Cn1c(Cl)cnc1CN1CCCCC1CN. The third kappa shape index (κ3) is 2.39. The monoisotopic (exact) mass is 242 g/mol. The van der Waals surface area contributed by atoms with Gasteiger partial charge in [-0.15, -0.1) is 0 Å². The Hall–Kier alpha value is -0.580. The van der Waals surface area contributed by atoms with Gasteiger partial charge in [-0.3, -0.25) is 4.90 Å². The molecule has 2 N–H and O–H groups in total. The summed E-state index contributed by atoms with van der Waals surface area (Å²) in [6, 6.07) is 0.504. The maximum Gasteiger partial charge on any atom is 0.128 e. The maximum atomic E-state index is 5.97. The molecule has 1 saturated heterocycles. The van der Waals surface area contributed by atoms with Gasteiger partial charge in [0.15, 0.2) is 0 Å².